The second-order valence-corrected chi connectivity index (χ2v) is 5.90. The average molecular weight is 336 g/mol. The van der Waals surface area contributed by atoms with E-state index >= 15 is 0 Å². The first-order valence-electron chi connectivity index (χ1n) is 6.75. The Morgan fingerprint density at radius 2 is 1.68 bits per heavy atom. The molecular weight excluding hydrogens is 317 g/mol. The van der Waals surface area contributed by atoms with Crippen molar-refractivity contribution in [3.05, 3.63) is 54.7 Å². The van der Waals surface area contributed by atoms with Gasteiger partial charge < -0.3 is 14.1 Å². The van der Waals surface area contributed by atoms with Gasteiger partial charge in [0.1, 0.15) is 11.5 Å². The third-order valence-corrected chi connectivity index (χ3v) is 4.58. The number of rotatable bonds is 6. The van der Waals surface area contributed by atoms with E-state index in [0.717, 1.165) is 33.9 Å². The zero-order chi connectivity index (χ0) is 16.1. The fraction of sp³-hybridized carbons (Fsp3) is 0.176. The smallest absolute Gasteiger partial charge is 0.123 e. The molecule has 2 rings (SSSR count). The molecule has 22 heavy (non-hydrogen) atoms. The van der Waals surface area contributed by atoms with Crippen LogP contribution in [0.2, 0.25) is 0 Å². The maximum Gasteiger partial charge on any atom is 0.123 e. The number of halogens is 1. The van der Waals surface area contributed by atoms with Crippen LogP contribution in [0.3, 0.4) is 0 Å². The third-order valence-electron chi connectivity index (χ3n) is 3.43. The highest BCUT2D eigenvalue weighted by molar-refractivity contribution is 7.69. The minimum Gasteiger partial charge on any atom is -0.497 e. The van der Waals surface area contributed by atoms with E-state index in [1.165, 1.54) is 0 Å². The van der Waals surface area contributed by atoms with E-state index in [4.69, 9.17) is 20.7 Å². The molecule has 116 valence electrons. The zero-order valence-corrected chi connectivity index (χ0v) is 14.6. The van der Waals surface area contributed by atoms with Crippen molar-refractivity contribution >= 4 is 25.0 Å². The standard InChI is InChI=1S/C17H19ClNO2P/c1-5-19(22-18)17-10-13(7-6-12(17)2)14-8-15(20-3)11-16(9-14)21-4/h5-11,22H,1H2,2-4H3. The van der Waals surface area contributed by atoms with Gasteiger partial charge in [0.05, 0.1) is 22.3 Å². The van der Waals surface area contributed by atoms with E-state index in [1.54, 1.807) is 20.4 Å². The summed E-state index contributed by atoms with van der Waals surface area (Å²) in [5.74, 6) is 1.52. The fourth-order valence-electron chi connectivity index (χ4n) is 2.20. The van der Waals surface area contributed by atoms with Crippen molar-refractivity contribution < 1.29 is 9.47 Å². The molecule has 1 unspecified atom stereocenters. The molecule has 3 nitrogen and oxygen atoms in total. The third kappa shape index (κ3) is 3.55. The molecule has 0 aliphatic rings. The average Bonchev–Trinajstić information content (AvgIpc) is 2.57. The van der Waals surface area contributed by atoms with Crippen LogP contribution in [0.25, 0.3) is 11.1 Å². The molecule has 5 heteroatoms. The van der Waals surface area contributed by atoms with Crippen LogP contribution >= 0.6 is 19.3 Å². The molecule has 0 amide bonds. The molecule has 0 aromatic heterocycles. The second-order valence-electron chi connectivity index (χ2n) is 4.74. The van der Waals surface area contributed by atoms with Gasteiger partial charge in [-0.2, -0.15) is 0 Å². The van der Waals surface area contributed by atoms with Crippen LogP contribution in [-0.4, -0.2) is 14.2 Å². The monoisotopic (exact) mass is 335 g/mol. The number of hydrogen-bond donors (Lipinski definition) is 0. The molecule has 0 heterocycles. The Balaban J connectivity index is 2.53. The summed E-state index contributed by atoms with van der Waals surface area (Å²) in [6.07, 6.45) is 1.74. The van der Waals surface area contributed by atoms with Crippen LogP contribution in [0.15, 0.2) is 49.2 Å². The number of nitrogens with zero attached hydrogens (tertiary/aromatic N) is 1. The van der Waals surface area contributed by atoms with Crippen LogP contribution in [0.1, 0.15) is 5.56 Å². The molecule has 2 aromatic carbocycles. The van der Waals surface area contributed by atoms with Gasteiger partial charge in [0.15, 0.2) is 0 Å². The molecule has 0 aliphatic heterocycles. The van der Waals surface area contributed by atoms with Gasteiger partial charge in [0.2, 0.25) is 0 Å². The number of methoxy groups -OCH3 is 2. The Hall–Kier alpha value is -1.70. The first kappa shape index (κ1) is 16.7. The van der Waals surface area contributed by atoms with Crippen molar-refractivity contribution in [2.24, 2.45) is 0 Å². The van der Waals surface area contributed by atoms with Gasteiger partial charge in [0, 0.05) is 18.0 Å². The molecule has 0 N–H and O–H groups in total. The highest BCUT2D eigenvalue weighted by atomic mass is 35.7. The number of hydrogen-bond acceptors (Lipinski definition) is 3. The van der Waals surface area contributed by atoms with E-state index < -0.39 is 0 Å². The minimum atomic E-state index is 0.110. The molecule has 0 bridgehead atoms. The minimum absolute atomic E-state index is 0.110. The summed E-state index contributed by atoms with van der Waals surface area (Å²) in [4.78, 5) is 0. The van der Waals surface area contributed by atoms with Gasteiger partial charge >= 0.3 is 0 Å². The Kier molecular flexibility index (Phi) is 5.70. The largest absolute Gasteiger partial charge is 0.497 e. The zero-order valence-electron chi connectivity index (χ0n) is 12.9. The van der Waals surface area contributed by atoms with E-state index in [-0.39, 0.29) is 8.08 Å². The SMILES string of the molecule is C=CN(PCl)c1cc(-c2cc(OC)cc(OC)c2)ccc1C. The summed E-state index contributed by atoms with van der Waals surface area (Å²) in [7, 11) is 3.40. The number of benzene rings is 2. The van der Waals surface area contributed by atoms with E-state index in [9.17, 15) is 0 Å². The van der Waals surface area contributed by atoms with Crippen molar-refractivity contribution in [2.75, 3.05) is 18.9 Å². The Morgan fingerprint density at radius 1 is 1.05 bits per heavy atom. The van der Waals surface area contributed by atoms with Crippen LogP contribution in [0, 0.1) is 6.92 Å². The van der Waals surface area contributed by atoms with Gasteiger partial charge in [-0.25, -0.2) is 0 Å². The summed E-state index contributed by atoms with van der Waals surface area (Å²) < 4.78 is 12.6. The van der Waals surface area contributed by atoms with Gasteiger partial charge in [-0.05, 0) is 41.8 Å². The van der Waals surface area contributed by atoms with Crippen molar-refractivity contribution in [1.82, 2.24) is 0 Å². The summed E-state index contributed by atoms with van der Waals surface area (Å²) in [6, 6.07) is 12.1. The molecule has 1 atom stereocenters. The lowest BCUT2D eigenvalue weighted by atomic mass is 10.0. The van der Waals surface area contributed by atoms with Crippen molar-refractivity contribution in [2.45, 2.75) is 6.92 Å². The van der Waals surface area contributed by atoms with Crippen molar-refractivity contribution in [1.29, 1.82) is 0 Å². The Morgan fingerprint density at radius 3 is 2.18 bits per heavy atom. The number of aryl methyl sites for hydroxylation is 1. The molecule has 2 aromatic rings. The van der Waals surface area contributed by atoms with Crippen molar-refractivity contribution in [3.63, 3.8) is 0 Å². The summed E-state index contributed by atoms with van der Waals surface area (Å²) >= 11 is 6.01. The number of ether oxygens (including phenoxy) is 2. The number of anilines is 1. The van der Waals surface area contributed by atoms with Gasteiger partial charge in [-0.1, -0.05) is 30.0 Å². The van der Waals surface area contributed by atoms with Crippen molar-refractivity contribution in [3.8, 4) is 22.6 Å². The topological polar surface area (TPSA) is 21.7 Å². The maximum absolute atomic E-state index is 6.01. The fourth-order valence-corrected chi connectivity index (χ4v) is 3.08. The molecule has 0 spiro atoms. The molecule has 0 radical (unpaired) electrons. The highest BCUT2D eigenvalue weighted by Crippen LogP contribution is 2.37. The van der Waals surface area contributed by atoms with Gasteiger partial charge in [0.25, 0.3) is 0 Å². The highest BCUT2D eigenvalue weighted by Gasteiger charge is 2.10. The Bertz CT molecular complexity index is 653. The molecular formula is C17H19ClNO2P. The van der Waals surface area contributed by atoms with Gasteiger partial charge in [-0.15, -0.1) is 0 Å². The molecule has 0 saturated heterocycles. The quantitative estimate of drug-likeness (QED) is 0.662. The van der Waals surface area contributed by atoms with E-state index in [0.29, 0.717) is 0 Å². The van der Waals surface area contributed by atoms with Gasteiger partial charge in [-0.3, -0.25) is 0 Å². The maximum atomic E-state index is 6.01. The lowest BCUT2D eigenvalue weighted by molar-refractivity contribution is 0.394. The first-order chi connectivity index (χ1) is 10.6. The van der Waals surface area contributed by atoms with Crippen LogP contribution in [0.4, 0.5) is 5.69 Å². The molecule has 0 aliphatic carbocycles. The predicted octanol–water partition coefficient (Wildman–Crippen LogP) is 5.38. The van der Waals surface area contributed by atoms with Crippen LogP contribution in [0.5, 0.6) is 11.5 Å². The summed E-state index contributed by atoms with van der Waals surface area (Å²) in [6.45, 7) is 5.87. The van der Waals surface area contributed by atoms with E-state index in [2.05, 4.69) is 31.7 Å². The normalized spacial score (nSPS) is 10.7. The van der Waals surface area contributed by atoms with Crippen LogP contribution < -0.4 is 14.1 Å². The molecule has 0 saturated carbocycles. The van der Waals surface area contributed by atoms with E-state index in [1.807, 2.05) is 22.9 Å². The lowest BCUT2D eigenvalue weighted by Gasteiger charge is -2.20. The summed E-state index contributed by atoms with van der Waals surface area (Å²) in [5.41, 5.74) is 4.29. The second kappa shape index (κ2) is 7.53. The predicted molar refractivity (Wildman–Crippen MR) is 96.6 cm³/mol. The van der Waals surface area contributed by atoms with Crippen LogP contribution in [-0.2, 0) is 0 Å². The summed E-state index contributed by atoms with van der Waals surface area (Å²) in [5, 5.41) is 0. The molecule has 0 fully saturated rings. The Labute approximate surface area is 138 Å². The first-order valence-corrected chi connectivity index (χ1v) is 8.71. The lowest BCUT2D eigenvalue weighted by Crippen LogP contribution is -2.02.